The van der Waals surface area contributed by atoms with Crippen LogP contribution in [0, 0.1) is 0 Å². The summed E-state index contributed by atoms with van der Waals surface area (Å²) in [4.78, 5) is 0. The molecule has 0 spiro atoms. The molecule has 0 unspecified atom stereocenters. The summed E-state index contributed by atoms with van der Waals surface area (Å²) in [5.41, 5.74) is 16.0. The van der Waals surface area contributed by atoms with Gasteiger partial charge in [0.05, 0.1) is 22.1 Å². The summed E-state index contributed by atoms with van der Waals surface area (Å²) in [6, 6.07) is 74.5. The number of fused-ring (bicyclic) bond motifs is 9. The molecule has 266 valence electrons. The smallest absolute Gasteiger partial charge is 0.136 e. The summed E-state index contributed by atoms with van der Waals surface area (Å²) < 4.78 is 11.0. The van der Waals surface area contributed by atoms with Crippen LogP contribution < -0.4 is 0 Å². The Morgan fingerprint density at radius 1 is 0.281 bits per heavy atom. The fraction of sp³-hybridized carbons (Fsp3) is 0. The lowest BCUT2D eigenvalue weighted by molar-refractivity contribution is 0.669. The second-order valence-corrected chi connectivity index (χ2v) is 14.9. The van der Waals surface area contributed by atoms with Crippen molar-refractivity contribution in [2.45, 2.75) is 0 Å². The normalized spacial score (nSPS) is 11.9. The van der Waals surface area contributed by atoms with Gasteiger partial charge >= 0.3 is 0 Å². The summed E-state index contributed by atoms with van der Waals surface area (Å²) in [5, 5.41) is 7.32. The van der Waals surface area contributed by atoms with Crippen molar-refractivity contribution in [3.8, 4) is 44.8 Å². The summed E-state index contributed by atoms with van der Waals surface area (Å²) in [6.07, 6.45) is 0. The molecule has 0 aliphatic carbocycles. The maximum absolute atomic E-state index is 6.17. The van der Waals surface area contributed by atoms with Crippen LogP contribution in [0.1, 0.15) is 0 Å². The van der Waals surface area contributed by atoms with Gasteiger partial charge in [-0.25, -0.2) is 0 Å². The lowest BCUT2D eigenvalue weighted by atomic mass is 9.97. The van der Waals surface area contributed by atoms with Crippen molar-refractivity contribution in [1.29, 1.82) is 0 Å². The van der Waals surface area contributed by atoms with E-state index in [0.29, 0.717) is 0 Å². The number of rotatable bonds is 5. The molecule has 0 radical (unpaired) electrons. The maximum atomic E-state index is 6.17. The highest BCUT2D eigenvalue weighted by molar-refractivity contribution is 6.13. The second-order valence-electron chi connectivity index (χ2n) is 14.9. The Balaban J connectivity index is 0.939. The molecule has 0 atom stereocenters. The number of benzene rings is 9. The third-order valence-electron chi connectivity index (χ3n) is 11.8. The maximum Gasteiger partial charge on any atom is 0.136 e. The SMILES string of the molecule is c1ccc(-n2c3ccccc3c3ccc(-c4ccc5c6ccccc6n(-c6ccc(-c7ccc(-c8cccc9oc%10ccccc%10c89)cc7)cc6)c5c4)cc32)cc1. The van der Waals surface area contributed by atoms with Crippen molar-refractivity contribution in [2.75, 3.05) is 0 Å². The molecule has 0 saturated heterocycles. The van der Waals surface area contributed by atoms with Gasteiger partial charge in [-0.1, -0.05) is 146 Å². The average molecular weight is 727 g/mol. The van der Waals surface area contributed by atoms with Gasteiger partial charge in [-0.05, 0) is 94.0 Å². The zero-order chi connectivity index (χ0) is 37.5. The molecule has 12 aromatic rings. The molecule has 0 N–H and O–H groups in total. The van der Waals surface area contributed by atoms with Crippen molar-refractivity contribution < 1.29 is 4.42 Å². The number of hydrogen-bond donors (Lipinski definition) is 0. The van der Waals surface area contributed by atoms with Gasteiger partial charge in [0, 0.05) is 43.7 Å². The van der Waals surface area contributed by atoms with Gasteiger partial charge in [0.15, 0.2) is 0 Å². The average Bonchev–Trinajstić information content (AvgIpc) is 3.94. The van der Waals surface area contributed by atoms with Crippen molar-refractivity contribution in [2.24, 2.45) is 0 Å². The van der Waals surface area contributed by atoms with E-state index in [9.17, 15) is 0 Å². The van der Waals surface area contributed by atoms with Crippen LogP contribution in [0.5, 0.6) is 0 Å². The van der Waals surface area contributed by atoms with Gasteiger partial charge in [0.1, 0.15) is 11.2 Å². The van der Waals surface area contributed by atoms with Gasteiger partial charge in [-0.3, -0.25) is 0 Å². The van der Waals surface area contributed by atoms with Gasteiger partial charge in [0.25, 0.3) is 0 Å². The van der Waals surface area contributed by atoms with E-state index < -0.39 is 0 Å². The van der Waals surface area contributed by atoms with E-state index in [-0.39, 0.29) is 0 Å². The van der Waals surface area contributed by atoms with E-state index >= 15 is 0 Å². The van der Waals surface area contributed by atoms with Crippen molar-refractivity contribution in [3.05, 3.63) is 206 Å². The Morgan fingerprint density at radius 3 is 1.37 bits per heavy atom. The molecule has 3 heteroatoms. The fourth-order valence-corrected chi connectivity index (χ4v) is 9.09. The van der Waals surface area contributed by atoms with Gasteiger partial charge in [0.2, 0.25) is 0 Å². The summed E-state index contributed by atoms with van der Waals surface area (Å²) in [5.74, 6) is 0. The van der Waals surface area contributed by atoms with E-state index in [1.54, 1.807) is 0 Å². The van der Waals surface area contributed by atoms with E-state index in [1.165, 1.54) is 77.0 Å². The van der Waals surface area contributed by atoms with Crippen LogP contribution in [-0.2, 0) is 0 Å². The monoisotopic (exact) mass is 726 g/mol. The minimum Gasteiger partial charge on any atom is -0.456 e. The molecular weight excluding hydrogens is 693 g/mol. The first-order chi connectivity index (χ1) is 28.3. The van der Waals surface area contributed by atoms with Crippen LogP contribution in [0.3, 0.4) is 0 Å². The van der Waals surface area contributed by atoms with E-state index in [4.69, 9.17) is 4.42 Å². The molecule has 12 rings (SSSR count). The first-order valence-electron chi connectivity index (χ1n) is 19.5. The van der Waals surface area contributed by atoms with Gasteiger partial charge < -0.3 is 13.6 Å². The summed E-state index contributed by atoms with van der Waals surface area (Å²) >= 11 is 0. The Bertz CT molecular complexity index is 3490. The van der Waals surface area contributed by atoms with Crippen molar-refractivity contribution in [3.63, 3.8) is 0 Å². The highest BCUT2D eigenvalue weighted by Crippen LogP contribution is 2.40. The lowest BCUT2D eigenvalue weighted by Gasteiger charge is -2.11. The summed E-state index contributed by atoms with van der Waals surface area (Å²) in [7, 11) is 0. The molecule has 57 heavy (non-hydrogen) atoms. The molecule has 0 aliphatic rings. The molecular formula is C54H34N2O. The molecule has 3 nitrogen and oxygen atoms in total. The zero-order valence-corrected chi connectivity index (χ0v) is 30.9. The molecule has 0 aliphatic heterocycles. The molecule has 0 fully saturated rings. The highest BCUT2D eigenvalue weighted by atomic mass is 16.3. The van der Waals surface area contributed by atoms with Crippen LogP contribution in [0.2, 0.25) is 0 Å². The van der Waals surface area contributed by atoms with Gasteiger partial charge in [-0.2, -0.15) is 0 Å². The first-order valence-corrected chi connectivity index (χ1v) is 19.5. The fourth-order valence-electron chi connectivity index (χ4n) is 9.09. The molecule has 0 bridgehead atoms. The second kappa shape index (κ2) is 12.5. The van der Waals surface area contributed by atoms with Gasteiger partial charge in [-0.15, -0.1) is 0 Å². The number of para-hydroxylation sites is 4. The standard InChI is InChI=1S/C54H34N2O/c1-2-11-40(12-3-1)55-48-17-7-4-13-43(48)45-31-27-38(33-50(45)55)39-28-32-46-44-14-5-8-18-49(44)56(51(46)34-39)41-29-25-36(26-30-41)35-21-23-37(24-22-35)42-16-10-20-53-54(42)47-15-6-9-19-52(47)57-53/h1-34H. The topological polar surface area (TPSA) is 23.0 Å². The molecule has 0 amide bonds. The Labute approximate surface area is 328 Å². The first kappa shape index (κ1) is 31.7. The largest absolute Gasteiger partial charge is 0.456 e. The number of nitrogens with zero attached hydrogens (tertiary/aromatic N) is 2. The molecule has 0 saturated carbocycles. The van der Waals surface area contributed by atoms with Crippen LogP contribution in [-0.4, -0.2) is 9.13 Å². The molecule has 3 heterocycles. The Morgan fingerprint density at radius 2 is 0.737 bits per heavy atom. The van der Waals surface area contributed by atoms with Crippen molar-refractivity contribution >= 4 is 65.6 Å². The van der Waals surface area contributed by atoms with Crippen molar-refractivity contribution in [1.82, 2.24) is 9.13 Å². The Hall–Kier alpha value is -7.62. The molecule has 9 aromatic carbocycles. The number of aromatic nitrogens is 2. The van der Waals surface area contributed by atoms with Crippen LogP contribution >= 0.6 is 0 Å². The number of furan rings is 1. The van der Waals surface area contributed by atoms with E-state index in [1.807, 2.05) is 12.1 Å². The third-order valence-corrected chi connectivity index (χ3v) is 11.8. The molecule has 3 aromatic heterocycles. The minimum absolute atomic E-state index is 0.915. The van der Waals surface area contributed by atoms with E-state index in [2.05, 4.69) is 203 Å². The third kappa shape index (κ3) is 4.92. The highest BCUT2D eigenvalue weighted by Gasteiger charge is 2.17. The lowest BCUT2D eigenvalue weighted by Crippen LogP contribution is -1.94. The summed E-state index contributed by atoms with van der Waals surface area (Å²) in [6.45, 7) is 0. The zero-order valence-electron chi connectivity index (χ0n) is 30.9. The predicted molar refractivity (Wildman–Crippen MR) is 239 cm³/mol. The Kier molecular flexibility index (Phi) is 6.93. The van der Waals surface area contributed by atoms with Crippen LogP contribution in [0.15, 0.2) is 211 Å². The predicted octanol–water partition coefficient (Wildman–Crippen LogP) is 14.8. The van der Waals surface area contributed by atoms with Crippen LogP contribution in [0.25, 0.3) is 110 Å². The quantitative estimate of drug-likeness (QED) is 0.173. The number of hydrogen-bond acceptors (Lipinski definition) is 1. The minimum atomic E-state index is 0.915. The van der Waals surface area contributed by atoms with Crippen LogP contribution in [0.4, 0.5) is 0 Å². The van der Waals surface area contributed by atoms with E-state index in [0.717, 1.165) is 33.3 Å².